The summed E-state index contributed by atoms with van der Waals surface area (Å²) in [6.07, 6.45) is -23.4. The predicted molar refractivity (Wildman–Crippen MR) is 229 cm³/mol. The van der Waals surface area contributed by atoms with E-state index in [0.29, 0.717) is 32.1 Å². The van der Waals surface area contributed by atoms with Crippen molar-refractivity contribution in [2.45, 2.75) is 213 Å². The van der Waals surface area contributed by atoms with Crippen LogP contribution in [-0.4, -0.2) is 240 Å². The summed E-state index contributed by atoms with van der Waals surface area (Å²) in [6, 6.07) is 0. The molecule has 0 aromatic heterocycles. The zero-order chi connectivity index (χ0) is 50.1. The molecule has 23 heteroatoms. The topological polar surface area (TPSA) is 363 Å². The van der Waals surface area contributed by atoms with E-state index in [1.54, 1.807) is 6.92 Å². The molecule has 8 aliphatic rings. The molecule has 69 heavy (non-hydrogen) atoms. The van der Waals surface area contributed by atoms with E-state index in [4.69, 9.17) is 42.6 Å². The van der Waals surface area contributed by atoms with Crippen LogP contribution in [0.2, 0.25) is 0 Å². The van der Waals surface area contributed by atoms with Crippen molar-refractivity contribution in [1.82, 2.24) is 0 Å². The molecule has 0 bridgehead atoms. The highest BCUT2D eigenvalue weighted by molar-refractivity contribution is 5.83. The number of methoxy groups -OCH3 is 1. The molecular formula is C46H76O23. The molecule has 0 spiro atoms. The number of carbonyl (C=O) groups is 1. The second-order valence-electron chi connectivity index (χ2n) is 21.5. The van der Waals surface area contributed by atoms with E-state index in [-0.39, 0.29) is 35.1 Å². The van der Waals surface area contributed by atoms with Crippen LogP contribution in [0, 0.1) is 34.5 Å². The molecule has 0 aromatic rings. The van der Waals surface area contributed by atoms with Gasteiger partial charge in [-0.15, -0.1) is 0 Å². The predicted octanol–water partition coefficient (Wildman–Crippen LogP) is -4.34. The maximum atomic E-state index is 13.8. The molecule has 0 amide bonds. The molecule has 23 nitrogen and oxygen atoms in total. The van der Waals surface area contributed by atoms with E-state index in [9.17, 15) is 71.2 Å². The van der Waals surface area contributed by atoms with Crippen LogP contribution >= 0.6 is 0 Å². The number of fused-ring (bicyclic) bond motifs is 5. The lowest BCUT2D eigenvalue weighted by Crippen LogP contribution is -2.65. The maximum Gasteiger partial charge on any atom is 0.187 e. The van der Waals surface area contributed by atoms with Crippen molar-refractivity contribution in [3.8, 4) is 0 Å². The molecule has 8 fully saturated rings. The monoisotopic (exact) mass is 996 g/mol. The first kappa shape index (κ1) is 54.1. The second-order valence-corrected chi connectivity index (χ2v) is 21.5. The van der Waals surface area contributed by atoms with Crippen LogP contribution in [0.15, 0.2) is 0 Å². The minimum atomic E-state index is -1.80. The van der Waals surface area contributed by atoms with E-state index in [0.717, 1.165) is 25.7 Å². The minimum Gasteiger partial charge on any atom is -0.394 e. The number of rotatable bonds is 14. The molecule has 13 N–H and O–H groups in total. The van der Waals surface area contributed by atoms with Crippen LogP contribution in [0.5, 0.6) is 0 Å². The first-order chi connectivity index (χ1) is 32.6. The van der Waals surface area contributed by atoms with E-state index >= 15 is 0 Å². The molecule has 4 saturated heterocycles. The van der Waals surface area contributed by atoms with E-state index in [2.05, 4.69) is 6.92 Å². The highest BCUT2D eigenvalue weighted by Crippen LogP contribution is 2.69. The van der Waals surface area contributed by atoms with Crippen LogP contribution < -0.4 is 0 Å². The Bertz CT molecular complexity index is 1730. The van der Waals surface area contributed by atoms with Gasteiger partial charge in [0.2, 0.25) is 0 Å². The van der Waals surface area contributed by atoms with Crippen LogP contribution in [-0.2, 0) is 47.4 Å². The summed E-state index contributed by atoms with van der Waals surface area (Å²) in [4.78, 5) is 13.8. The average Bonchev–Trinajstić information content (AvgIpc) is 3.62. The molecule has 0 unspecified atom stereocenters. The van der Waals surface area contributed by atoms with Crippen molar-refractivity contribution in [3.63, 3.8) is 0 Å². The Kier molecular flexibility index (Phi) is 16.6. The van der Waals surface area contributed by atoms with Crippen molar-refractivity contribution in [2.75, 3.05) is 33.5 Å². The SMILES string of the molecule is CO[C@H]1[C@@H](O)[C@H](O[C@H]2CC[C@@]3(C)[C@H](CC[C@@H]4[C@@H]3CC[C@]3(C)[C@@H](C(=O)CO[C@@H]5O[C@H](CO)[C@@H](O)[C@H](O)[C@H]5O)CC[C@]43O)C2)O[C@@H](C)[C@@H]1O[C@@H]1O[C@H](CO[C@@H]2O[C@H](CO)[C@@H](O)[C@H](O)[C@H]2O)[C@@H](O)[C@H](O)[C@H]1O. The lowest BCUT2D eigenvalue weighted by atomic mass is 9.43. The van der Waals surface area contributed by atoms with Gasteiger partial charge in [-0.1, -0.05) is 13.8 Å². The normalized spacial score (nSPS) is 54.6. The highest BCUT2D eigenvalue weighted by Gasteiger charge is 2.68. The number of carbonyl (C=O) groups excluding carboxylic acids is 1. The molecule has 4 aliphatic carbocycles. The van der Waals surface area contributed by atoms with Gasteiger partial charge < -0.3 is 109 Å². The Morgan fingerprint density at radius 1 is 0.580 bits per heavy atom. The summed E-state index contributed by atoms with van der Waals surface area (Å²) in [5.74, 6) is -0.408. The number of Topliss-reactive ketones (excluding diaryl/α,β-unsaturated/α-hetero) is 1. The molecular weight excluding hydrogens is 920 g/mol. The zero-order valence-corrected chi connectivity index (χ0v) is 39.5. The van der Waals surface area contributed by atoms with Crippen molar-refractivity contribution >= 4 is 5.78 Å². The summed E-state index contributed by atoms with van der Waals surface area (Å²) in [5, 5.41) is 137. The van der Waals surface area contributed by atoms with Gasteiger partial charge in [0.05, 0.1) is 37.6 Å². The van der Waals surface area contributed by atoms with Gasteiger partial charge in [0, 0.05) is 18.4 Å². The number of hydrogen-bond donors (Lipinski definition) is 13. The Balaban J connectivity index is 0.851. The van der Waals surface area contributed by atoms with Crippen molar-refractivity contribution in [3.05, 3.63) is 0 Å². The number of aliphatic hydroxyl groups excluding tert-OH is 12. The molecule has 4 heterocycles. The van der Waals surface area contributed by atoms with Crippen molar-refractivity contribution < 1.29 is 114 Å². The quantitative estimate of drug-likeness (QED) is 0.0732. The largest absolute Gasteiger partial charge is 0.394 e. The molecule has 0 radical (unpaired) electrons. The van der Waals surface area contributed by atoms with Gasteiger partial charge in [0.1, 0.15) is 98.2 Å². The number of ether oxygens (including phenoxy) is 9. The summed E-state index contributed by atoms with van der Waals surface area (Å²) >= 11 is 0. The maximum absolute atomic E-state index is 13.8. The van der Waals surface area contributed by atoms with Gasteiger partial charge in [0.15, 0.2) is 30.9 Å². The third-order valence-electron chi connectivity index (χ3n) is 18.0. The van der Waals surface area contributed by atoms with Gasteiger partial charge in [-0.05, 0) is 87.9 Å². The lowest BCUT2D eigenvalue weighted by molar-refractivity contribution is -0.367. The van der Waals surface area contributed by atoms with Crippen LogP contribution in [0.1, 0.15) is 78.6 Å². The smallest absolute Gasteiger partial charge is 0.187 e. The molecule has 4 aliphatic heterocycles. The zero-order valence-electron chi connectivity index (χ0n) is 39.5. The lowest BCUT2D eigenvalue weighted by Gasteiger charge is -2.63. The third-order valence-corrected chi connectivity index (χ3v) is 18.0. The number of aliphatic hydroxyl groups is 13. The van der Waals surface area contributed by atoms with Crippen LogP contribution in [0.4, 0.5) is 0 Å². The minimum absolute atomic E-state index is 0.0517. The summed E-state index contributed by atoms with van der Waals surface area (Å²) in [6.45, 7) is 3.63. The first-order valence-corrected chi connectivity index (χ1v) is 24.6. The molecule has 28 atom stereocenters. The van der Waals surface area contributed by atoms with Gasteiger partial charge >= 0.3 is 0 Å². The summed E-state index contributed by atoms with van der Waals surface area (Å²) in [7, 11) is 1.36. The Hall–Kier alpha value is -1.21. The summed E-state index contributed by atoms with van der Waals surface area (Å²) in [5.41, 5.74) is -1.98. The highest BCUT2D eigenvalue weighted by atomic mass is 16.8. The molecule has 8 rings (SSSR count). The van der Waals surface area contributed by atoms with Crippen molar-refractivity contribution in [1.29, 1.82) is 0 Å². The fraction of sp³-hybridized carbons (Fsp3) is 0.978. The fourth-order valence-electron chi connectivity index (χ4n) is 13.8. The van der Waals surface area contributed by atoms with E-state index in [1.165, 1.54) is 7.11 Å². The van der Waals surface area contributed by atoms with Crippen LogP contribution in [0.3, 0.4) is 0 Å². The Morgan fingerprint density at radius 3 is 1.75 bits per heavy atom. The van der Waals surface area contributed by atoms with Gasteiger partial charge in [-0.3, -0.25) is 4.79 Å². The van der Waals surface area contributed by atoms with Gasteiger partial charge in [0.25, 0.3) is 0 Å². The van der Waals surface area contributed by atoms with Gasteiger partial charge in [-0.2, -0.15) is 0 Å². The first-order valence-electron chi connectivity index (χ1n) is 24.6. The molecule has 398 valence electrons. The number of hydrogen-bond acceptors (Lipinski definition) is 23. The van der Waals surface area contributed by atoms with E-state index < -0.39 is 166 Å². The Labute approximate surface area is 400 Å². The molecule has 4 saturated carbocycles. The Morgan fingerprint density at radius 2 is 1.14 bits per heavy atom. The average molecular weight is 997 g/mol. The molecule has 0 aromatic carbocycles. The van der Waals surface area contributed by atoms with Crippen LogP contribution in [0.25, 0.3) is 0 Å². The number of ketones is 1. The van der Waals surface area contributed by atoms with Crippen molar-refractivity contribution in [2.24, 2.45) is 34.5 Å². The van der Waals surface area contributed by atoms with E-state index in [1.807, 2.05) is 6.92 Å². The van der Waals surface area contributed by atoms with Gasteiger partial charge in [-0.25, -0.2) is 0 Å². The standard InChI is InChI=1S/C46H76O23/c1-18-38(69-42-36(58)33(55)30(52)27(68-42)17-63-41-35(57)32(54)29(51)26(15-48)67-41)39(61-4)37(59)43(64-18)65-20-7-10-44(2)19(13-20)5-6-22-21(44)8-11-45(3)23(9-12-46(22,45)60)24(49)16-62-40-34(56)31(53)28(50)25(14-47)66-40/h18-23,25-43,47-48,50-60H,5-17H2,1-4H3/t18-,19+,20-,21-,22+,23+,25+,26+,27+,28+,29+,30+,31-,32-,33-,34+,35+,36+,37+,38-,39-,40+,41+,42-,43-,44-,45+,46-/m0/s1. The third kappa shape index (κ3) is 9.61. The second kappa shape index (κ2) is 21.2. The fourth-order valence-corrected chi connectivity index (χ4v) is 13.8. The summed E-state index contributed by atoms with van der Waals surface area (Å²) < 4.78 is 52.4.